The first-order valence-electron chi connectivity index (χ1n) is 6.56. The standard InChI is InChI=1S/C14H19FN2O3/c1-19-13-8-17(9-14(13)20-2)6-5-12(18)11-4-3-10(15)7-16-11/h3-4,7,13-14H,5-6,8-9H2,1-2H3. The molecule has 1 aromatic heterocycles. The number of halogens is 1. The molecule has 0 spiro atoms. The summed E-state index contributed by atoms with van der Waals surface area (Å²) in [7, 11) is 3.32. The summed E-state index contributed by atoms with van der Waals surface area (Å²) in [6, 6.07) is 2.66. The van der Waals surface area contributed by atoms with Crippen molar-refractivity contribution in [2.75, 3.05) is 33.9 Å². The Morgan fingerprint density at radius 1 is 1.35 bits per heavy atom. The van der Waals surface area contributed by atoms with E-state index in [-0.39, 0.29) is 18.0 Å². The van der Waals surface area contributed by atoms with E-state index in [1.165, 1.54) is 12.1 Å². The largest absolute Gasteiger partial charge is 0.377 e. The van der Waals surface area contributed by atoms with Crippen molar-refractivity contribution in [3.05, 3.63) is 29.8 Å². The van der Waals surface area contributed by atoms with Crippen LogP contribution in [0.4, 0.5) is 4.39 Å². The lowest BCUT2D eigenvalue weighted by atomic mass is 10.2. The third kappa shape index (κ3) is 3.59. The molecule has 0 radical (unpaired) electrons. The van der Waals surface area contributed by atoms with Crippen molar-refractivity contribution in [3.63, 3.8) is 0 Å². The molecule has 1 fully saturated rings. The zero-order valence-electron chi connectivity index (χ0n) is 11.7. The summed E-state index contributed by atoms with van der Waals surface area (Å²) in [6.45, 7) is 2.12. The van der Waals surface area contributed by atoms with Gasteiger partial charge in [-0.05, 0) is 12.1 Å². The number of carbonyl (C=O) groups excluding carboxylic acids is 1. The predicted molar refractivity (Wildman–Crippen MR) is 71.2 cm³/mol. The lowest BCUT2D eigenvalue weighted by Gasteiger charge is -2.14. The Morgan fingerprint density at radius 2 is 2.00 bits per heavy atom. The SMILES string of the molecule is COC1CN(CCC(=O)c2ccc(F)cn2)CC1OC. The van der Waals surface area contributed by atoms with Gasteiger partial charge in [0.2, 0.25) is 0 Å². The molecule has 1 aliphatic heterocycles. The van der Waals surface area contributed by atoms with Crippen LogP contribution < -0.4 is 0 Å². The number of ketones is 1. The summed E-state index contributed by atoms with van der Waals surface area (Å²) < 4.78 is 23.4. The maximum atomic E-state index is 12.7. The normalized spacial score (nSPS) is 23.1. The van der Waals surface area contributed by atoms with E-state index in [4.69, 9.17) is 9.47 Å². The molecule has 0 saturated carbocycles. The maximum Gasteiger partial charge on any atom is 0.182 e. The lowest BCUT2D eigenvalue weighted by molar-refractivity contribution is -0.00461. The first-order valence-corrected chi connectivity index (χ1v) is 6.56. The number of rotatable bonds is 6. The van der Waals surface area contributed by atoms with Crippen LogP contribution in [0.5, 0.6) is 0 Å². The molecule has 2 atom stereocenters. The van der Waals surface area contributed by atoms with Crippen LogP contribution in [0.3, 0.4) is 0 Å². The average Bonchev–Trinajstić information content (AvgIpc) is 2.88. The second-order valence-corrected chi connectivity index (χ2v) is 4.84. The molecule has 2 unspecified atom stereocenters. The number of hydrogen-bond acceptors (Lipinski definition) is 5. The zero-order chi connectivity index (χ0) is 14.5. The van der Waals surface area contributed by atoms with Crippen LogP contribution in [0.15, 0.2) is 18.3 Å². The number of aromatic nitrogens is 1. The van der Waals surface area contributed by atoms with Crippen molar-refractivity contribution in [1.29, 1.82) is 0 Å². The third-order valence-corrected chi connectivity index (χ3v) is 3.56. The van der Waals surface area contributed by atoms with Gasteiger partial charge >= 0.3 is 0 Å². The van der Waals surface area contributed by atoms with Gasteiger partial charge in [-0.25, -0.2) is 4.39 Å². The number of nitrogens with zero attached hydrogens (tertiary/aromatic N) is 2. The Morgan fingerprint density at radius 3 is 2.50 bits per heavy atom. The molecule has 0 aromatic carbocycles. The molecule has 1 saturated heterocycles. The fraction of sp³-hybridized carbons (Fsp3) is 0.571. The highest BCUT2D eigenvalue weighted by molar-refractivity contribution is 5.94. The van der Waals surface area contributed by atoms with Gasteiger partial charge in [-0.1, -0.05) is 0 Å². The van der Waals surface area contributed by atoms with Gasteiger partial charge in [-0.3, -0.25) is 14.7 Å². The fourth-order valence-electron chi connectivity index (χ4n) is 2.38. The molecule has 0 aliphatic carbocycles. The van der Waals surface area contributed by atoms with Gasteiger partial charge in [0, 0.05) is 40.3 Å². The monoisotopic (exact) mass is 282 g/mol. The molecule has 2 rings (SSSR count). The minimum Gasteiger partial charge on any atom is -0.377 e. The Bertz CT molecular complexity index is 440. The van der Waals surface area contributed by atoms with Crippen molar-refractivity contribution in [3.8, 4) is 0 Å². The van der Waals surface area contributed by atoms with Crippen LogP contribution in [0, 0.1) is 5.82 Å². The molecule has 110 valence electrons. The van der Waals surface area contributed by atoms with E-state index in [0.717, 1.165) is 19.3 Å². The van der Waals surface area contributed by atoms with Crippen molar-refractivity contribution in [2.24, 2.45) is 0 Å². The first-order chi connectivity index (χ1) is 9.63. The highest BCUT2D eigenvalue weighted by Gasteiger charge is 2.32. The summed E-state index contributed by atoms with van der Waals surface area (Å²) in [5.74, 6) is -0.521. The van der Waals surface area contributed by atoms with Crippen LogP contribution in [0.1, 0.15) is 16.9 Å². The van der Waals surface area contributed by atoms with Gasteiger partial charge in [0.05, 0.1) is 18.4 Å². The second kappa shape index (κ2) is 6.88. The van der Waals surface area contributed by atoms with Crippen LogP contribution >= 0.6 is 0 Å². The van der Waals surface area contributed by atoms with E-state index < -0.39 is 5.82 Å². The van der Waals surface area contributed by atoms with Crippen LogP contribution in [-0.2, 0) is 9.47 Å². The number of pyridine rings is 1. The Labute approximate surface area is 117 Å². The molecule has 0 bridgehead atoms. The lowest BCUT2D eigenvalue weighted by Crippen LogP contribution is -2.27. The molecule has 2 heterocycles. The molecule has 0 amide bonds. The number of hydrogen-bond donors (Lipinski definition) is 0. The predicted octanol–water partition coefficient (Wildman–Crippen LogP) is 1.14. The molecular formula is C14H19FN2O3. The zero-order valence-corrected chi connectivity index (χ0v) is 11.7. The van der Waals surface area contributed by atoms with E-state index in [1.54, 1.807) is 14.2 Å². The average molecular weight is 282 g/mol. The molecule has 6 heteroatoms. The Hall–Kier alpha value is -1.37. The number of Topliss-reactive ketones (excluding diaryl/α,β-unsaturated/α-hetero) is 1. The van der Waals surface area contributed by atoms with E-state index in [1.807, 2.05) is 0 Å². The van der Waals surface area contributed by atoms with Crippen molar-refractivity contribution in [1.82, 2.24) is 9.88 Å². The molecule has 1 aromatic rings. The highest BCUT2D eigenvalue weighted by Crippen LogP contribution is 2.16. The summed E-state index contributed by atoms with van der Waals surface area (Å²) in [5.41, 5.74) is 0.303. The van der Waals surface area contributed by atoms with E-state index in [0.29, 0.717) is 18.7 Å². The van der Waals surface area contributed by atoms with Gasteiger partial charge < -0.3 is 9.47 Å². The van der Waals surface area contributed by atoms with E-state index in [9.17, 15) is 9.18 Å². The van der Waals surface area contributed by atoms with Gasteiger partial charge in [-0.15, -0.1) is 0 Å². The number of likely N-dealkylation sites (tertiary alicyclic amines) is 1. The number of ether oxygens (including phenoxy) is 2. The second-order valence-electron chi connectivity index (χ2n) is 4.84. The number of carbonyl (C=O) groups is 1. The van der Waals surface area contributed by atoms with Crippen LogP contribution in [0.2, 0.25) is 0 Å². The minimum atomic E-state index is -0.438. The quantitative estimate of drug-likeness (QED) is 0.732. The van der Waals surface area contributed by atoms with Gasteiger partial charge in [0.15, 0.2) is 5.78 Å². The summed E-state index contributed by atoms with van der Waals surface area (Å²) in [5, 5.41) is 0. The van der Waals surface area contributed by atoms with Crippen molar-refractivity contribution < 1.29 is 18.7 Å². The smallest absolute Gasteiger partial charge is 0.182 e. The molecular weight excluding hydrogens is 263 g/mol. The van der Waals surface area contributed by atoms with Gasteiger partial charge in [0.25, 0.3) is 0 Å². The fourth-order valence-corrected chi connectivity index (χ4v) is 2.38. The van der Waals surface area contributed by atoms with E-state index >= 15 is 0 Å². The van der Waals surface area contributed by atoms with Gasteiger partial charge in [-0.2, -0.15) is 0 Å². The van der Waals surface area contributed by atoms with Crippen molar-refractivity contribution >= 4 is 5.78 Å². The Kier molecular flexibility index (Phi) is 5.17. The van der Waals surface area contributed by atoms with Crippen molar-refractivity contribution in [2.45, 2.75) is 18.6 Å². The molecule has 20 heavy (non-hydrogen) atoms. The van der Waals surface area contributed by atoms with E-state index in [2.05, 4.69) is 9.88 Å². The Balaban J connectivity index is 1.83. The summed E-state index contributed by atoms with van der Waals surface area (Å²) in [4.78, 5) is 17.9. The molecule has 0 N–H and O–H groups in total. The third-order valence-electron chi connectivity index (χ3n) is 3.56. The number of methoxy groups -OCH3 is 2. The van der Waals surface area contributed by atoms with Crippen LogP contribution in [0.25, 0.3) is 0 Å². The molecule has 1 aliphatic rings. The minimum absolute atomic E-state index is 0.0408. The highest BCUT2D eigenvalue weighted by atomic mass is 19.1. The maximum absolute atomic E-state index is 12.7. The van der Waals surface area contributed by atoms with Gasteiger partial charge in [0.1, 0.15) is 11.5 Å². The molecule has 5 nitrogen and oxygen atoms in total. The van der Waals surface area contributed by atoms with Crippen LogP contribution in [-0.4, -0.2) is 61.7 Å². The summed E-state index contributed by atoms with van der Waals surface area (Å²) in [6.07, 6.45) is 1.49. The first kappa shape index (κ1) is 15.0. The summed E-state index contributed by atoms with van der Waals surface area (Å²) >= 11 is 0. The topological polar surface area (TPSA) is 51.7 Å².